The van der Waals surface area contributed by atoms with Gasteiger partial charge in [-0.3, -0.25) is 0 Å². The molecular formula is C14H17NO4S. The van der Waals surface area contributed by atoms with Crippen LogP contribution in [-0.2, 0) is 23.2 Å². The summed E-state index contributed by atoms with van der Waals surface area (Å²) in [4.78, 5) is 0.179. The summed E-state index contributed by atoms with van der Waals surface area (Å²) in [5.74, 6) is 0. The number of hydrogen-bond acceptors (Lipinski definition) is 4. The predicted molar refractivity (Wildman–Crippen MR) is 74.5 cm³/mol. The van der Waals surface area contributed by atoms with Crippen molar-refractivity contribution < 1.29 is 17.9 Å². The van der Waals surface area contributed by atoms with Crippen LogP contribution in [0.1, 0.15) is 16.7 Å². The van der Waals surface area contributed by atoms with E-state index in [1.165, 1.54) is 29.9 Å². The van der Waals surface area contributed by atoms with Crippen LogP contribution in [0, 0.1) is 6.92 Å². The van der Waals surface area contributed by atoms with E-state index in [0.29, 0.717) is 5.56 Å². The Kier molecular flexibility index (Phi) is 4.27. The first-order chi connectivity index (χ1) is 9.45. The Morgan fingerprint density at radius 1 is 1.30 bits per heavy atom. The van der Waals surface area contributed by atoms with E-state index in [2.05, 4.69) is 0 Å². The van der Waals surface area contributed by atoms with Gasteiger partial charge in [0.05, 0.1) is 24.0 Å². The van der Waals surface area contributed by atoms with E-state index in [1.54, 1.807) is 18.2 Å². The molecule has 0 aliphatic carbocycles. The van der Waals surface area contributed by atoms with Gasteiger partial charge in [0.15, 0.2) is 0 Å². The van der Waals surface area contributed by atoms with Gasteiger partial charge < -0.3 is 9.52 Å². The normalized spacial score (nSPS) is 12.0. The number of furan rings is 1. The lowest BCUT2D eigenvalue weighted by molar-refractivity contribution is 0.280. The molecule has 0 amide bonds. The number of sulfonamides is 1. The number of hydrogen-bond donors (Lipinski definition) is 1. The molecule has 0 fully saturated rings. The number of aliphatic hydroxyl groups excluding tert-OH is 1. The maximum absolute atomic E-state index is 12.5. The minimum Gasteiger partial charge on any atom is -0.472 e. The van der Waals surface area contributed by atoms with E-state index in [-0.39, 0.29) is 18.0 Å². The van der Waals surface area contributed by atoms with Crippen LogP contribution in [0.2, 0.25) is 0 Å². The molecule has 2 rings (SSSR count). The van der Waals surface area contributed by atoms with Crippen molar-refractivity contribution in [1.82, 2.24) is 4.31 Å². The number of benzene rings is 1. The number of rotatable bonds is 5. The molecule has 1 N–H and O–H groups in total. The molecule has 0 saturated heterocycles. The third-order valence-corrected chi connectivity index (χ3v) is 4.98. The summed E-state index contributed by atoms with van der Waals surface area (Å²) in [6.07, 6.45) is 3.02. The smallest absolute Gasteiger partial charge is 0.243 e. The molecule has 1 aromatic heterocycles. The minimum absolute atomic E-state index is 0.179. The highest BCUT2D eigenvalue weighted by Crippen LogP contribution is 2.20. The van der Waals surface area contributed by atoms with Gasteiger partial charge in [-0.05, 0) is 36.2 Å². The van der Waals surface area contributed by atoms with Crippen LogP contribution in [0.4, 0.5) is 0 Å². The van der Waals surface area contributed by atoms with Gasteiger partial charge in [0, 0.05) is 19.2 Å². The van der Waals surface area contributed by atoms with Crippen LogP contribution < -0.4 is 0 Å². The monoisotopic (exact) mass is 295 g/mol. The average Bonchev–Trinajstić information content (AvgIpc) is 2.91. The van der Waals surface area contributed by atoms with Crippen LogP contribution in [0.5, 0.6) is 0 Å². The lowest BCUT2D eigenvalue weighted by Crippen LogP contribution is -2.26. The first-order valence-electron chi connectivity index (χ1n) is 6.13. The van der Waals surface area contributed by atoms with E-state index < -0.39 is 10.0 Å². The van der Waals surface area contributed by atoms with E-state index in [4.69, 9.17) is 4.42 Å². The highest BCUT2D eigenvalue weighted by molar-refractivity contribution is 7.89. The molecule has 1 aromatic carbocycles. The van der Waals surface area contributed by atoms with Gasteiger partial charge in [-0.2, -0.15) is 4.31 Å². The molecule has 0 spiro atoms. The Morgan fingerprint density at radius 3 is 2.65 bits per heavy atom. The van der Waals surface area contributed by atoms with E-state index >= 15 is 0 Å². The Morgan fingerprint density at radius 2 is 2.05 bits per heavy atom. The highest BCUT2D eigenvalue weighted by Gasteiger charge is 2.21. The molecule has 20 heavy (non-hydrogen) atoms. The van der Waals surface area contributed by atoms with Crippen LogP contribution in [0.25, 0.3) is 0 Å². The van der Waals surface area contributed by atoms with Crippen molar-refractivity contribution in [3.05, 3.63) is 53.5 Å². The largest absolute Gasteiger partial charge is 0.472 e. The summed E-state index contributed by atoms with van der Waals surface area (Å²) in [5.41, 5.74) is 2.26. The highest BCUT2D eigenvalue weighted by atomic mass is 32.2. The van der Waals surface area contributed by atoms with Gasteiger partial charge in [0.2, 0.25) is 10.0 Å². The second kappa shape index (κ2) is 5.78. The Bertz CT molecular complexity index is 677. The molecule has 0 bridgehead atoms. The lowest BCUT2D eigenvalue weighted by Gasteiger charge is -2.17. The second-order valence-electron chi connectivity index (χ2n) is 4.64. The molecule has 0 saturated carbocycles. The summed E-state index contributed by atoms with van der Waals surface area (Å²) < 4.78 is 31.1. The van der Waals surface area contributed by atoms with Crippen LogP contribution >= 0.6 is 0 Å². The number of aliphatic hydroxyl groups is 1. The molecule has 5 nitrogen and oxygen atoms in total. The van der Waals surface area contributed by atoms with Crippen molar-refractivity contribution in [2.75, 3.05) is 7.05 Å². The third-order valence-electron chi connectivity index (χ3n) is 3.18. The molecule has 0 aliphatic rings. The van der Waals surface area contributed by atoms with Crippen molar-refractivity contribution in [3.8, 4) is 0 Å². The van der Waals surface area contributed by atoms with Crippen LogP contribution in [-0.4, -0.2) is 24.9 Å². The van der Waals surface area contributed by atoms with E-state index in [0.717, 1.165) is 11.1 Å². The minimum atomic E-state index is -3.58. The van der Waals surface area contributed by atoms with Crippen molar-refractivity contribution in [2.45, 2.75) is 25.0 Å². The van der Waals surface area contributed by atoms with Gasteiger partial charge in [0.25, 0.3) is 0 Å². The first-order valence-corrected chi connectivity index (χ1v) is 7.57. The molecule has 0 radical (unpaired) electrons. The summed E-state index contributed by atoms with van der Waals surface area (Å²) in [5, 5.41) is 9.23. The van der Waals surface area contributed by atoms with E-state index in [1.807, 2.05) is 6.92 Å². The third kappa shape index (κ3) is 2.92. The zero-order valence-corrected chi connectivity index (χ0v) is 12.2. The lowest BCUT2D eigenvalue weighted by atomic mass is 10.1. The molecule has 108 valence electrons. The molecule has 1 heterocycles. The summed E-state index contributed by atoms with van der Waals surface area (Å²) in [6.45, 7) is 1.89. The first kappa shape index (κ1) is 14.8. The Labute approximate surface area is 118 Å². The van der Waals surface area contributed by atoms with Crippen molar-refractivity contribution >= 4 is 10.0 Å². The molecule has 6 heteroatoms. The average molecular weight is 295 g/mol. The molecular weight excluding hydrogens is 278 g/mol. The molecule has 0 unspecified atom stereocenters. The zero-order chi connectivity index (χ0) is 14.8. The molecule has 0 aliphatic heterocycles. The van der Waals surface area contributed by atoms with E-state index in [9.17, 15) is 13.5 Å². The van der Waals surface area contributed by atoms with Gasteiger partial charge in [-0.1, -0.05) is 6.07 Å². The molecule has 0 atom stereocenters. The Hall–Kier alpha value is -1.63. The second-order valence-corrected chi connectivity index (χ2v) is 6.68. The summed E-state index contributed by atoms with van der Waals surface area (Å²) in [6, 6.07) is 6.48. The predicted octanol–water partition coefficient (Wildman–Crippen LogP) is 1.90. The maximum atomic E-state index is 12.5. The van der Waals surface area contributed by atoms with Gasteiger partial charge in [-0.25, -0.2) is 8.42 Å². The van der Waals surface area contributed by atoms with Crippen molar-refractivity contribution in [3.63, 3.8) is 0 Å². The fraction of sp³-hybridized carbons (Fsp3) is 0.286. The Balaban J connectivity index is 2.29. The fourth-order valence-corrected chi connectivity index (χ4v) is 3.09. The number of aryl methyl sites for hydroxylation is 1. The maximum Gasteiger partial charge on any atom is 0.243 e. The van der Waals surface area contributed by atoms with Gasteiger partial charge in [-0.15, -0.1) is 0 Å². The van der Waals surface area contributed by atoms with Gasteiger partial charge in [0.1, 0.15) is 0 Å². The summed E-state index contributed by atoms with van der Waals surface area (Å²) >= 11 is 0. The van der Waals surface area contributed by atoms with Crippen molar-refractivity contribution in [2.24, 2.45) is 0 Å². The number of nitrogens with zero attached hydrogens (tertiary/aromatic N) is 1. The zero-order valence-electron chi connectivity index (χ0n) is 11.4. The van der Waals surface area contributed by atoms with Crippen molar-refractivity contribution in [1.29, 1.82) is 0 Å². The van der Waals surface area contributed by atoms with Crippen LogP contribution in [0.3, 0.4) is 0 Å². The quantitative estimate of drug-likeness (QED) is 0.914. The standard InChI is InChI=1S/C14H17NO4S/c1-11-3-4-14(7-13(11)9-16)20(17,18)15(2)8-12-5-6-19-10-12/h3-7,10,16H,8-9H2,1-2H3. The topological polar surface area (TPSA) is 70.8 Å². The molecule has 2 aromatic rings. The van der Waals surface area contributed by atoms with Gasteiger partial charge >= 0.3 is 0 Å². The SMILES string of the molecule is Cc1ccc(S(=O)(=O)N(C)Cc2ccoc2)cc1CO. The fourth-order valence-electron chi connectivity index (χ4n) is 1.88. The van der Waals surface area contributed by atoms with Crippen LogP contribution in [0.15, 0.2) is 46.1 Å². The summed E-state index contributed by atoms with van der Waals surface area (Å²) in [7, 11) is -2.07.